The van der Waals surface area contributed by atoms with Crippen molar-refractivity contribution in [3.05, 3.63) is 28.8 Å². The molecule has 9 heteroatoms. The summed E-state index contributed by atoms with van der Waals surface area (Å²) in [6, 6.07) is 1.36. The first-order valence-electron chi connectivity index (χ1n) is 5.71. The fourth-order valence-corrected chi connectivity index (χ4v) is 1.68. The van der Waals surface area contributed by atoms with Crippen molar-refractivity contribution >= 4 is 29.2 Å². The number of aliphatic carboxylic acids is 1. The Morgan fingerprint density at radius 3 is 2.48 bits per heavy atom. The smallest absolute Gasteiger partial charge is 0.416 e. The van der Waals surface area contributed by atoms with Gasteiger partial charge in [0.2, 0.25) is 5.91 Å². The highest BCUT2D eigenvalue weighted by Gasteiger charge is 2.31. The molecule has 0 aromatic heterocycles. The molecule has 1 atom stereocenters. The van der Waals surface area contributed by atoms with Crippen molar-refractivity contribution in [1.29, 1.82) is 0 Å². The van der Waals surface area contributed by atoms with E-state index in [9.17, 15) is 22.8 Å². The van der Waals surface area contributed by atoms with Crippen molar-refractivity contribution < 1.29 is 27.9 Å². The maximum Gasteiger partial charge on any atom is 0.416 e. The van der Waals surface area contributed by atoms with Crippen molar-refractivity contribution in [3.8, 4) is 0 Å². The molecule has 1 aromatic rings. The van der Waals surface area contributed by atoms with Gasteiger partial charge < -0.3 is 15.7 Å². The SMILES string of the molecule is CC(=O)NC(CNc1cc(C(F)(F)F)ccc1Cl)C(=O)O. The predicted octanol–water partition coefficient (Wildman–Crippen LogP) is 2.36. The van der Waals surface area contributed by atoms with Crippen LogP contribution in [-0.2, 0) is 15.8 Å². The Morgan fingerprint density at radius 1 is 1.38 bits per heavy atom. The summed E-state index contributed by atoms with van der Waals surface area (Å²) in [6.07, 6.45) is -4.54. The zero-order valence-corrected chi connectivity index (χ0v) is 11.5. The van der Waals surface area contributed by atoms with Crippen LogP contribution >= 0.6 is 11.6 Å². The Balaban J connectivity index is 2.87. The molecule has 1 rings (SSSR count). The Hall–Kier alpha value is -1.96. The number of rotatable bonds is 5. The summed E-state index contributed by atoms with van der Waals surface area (Å²) >= 11 is 5.75. The van der Waals surface area contributed by atoms with E-state index in [0.717, 1.165) is 25.1 Å². The Kier molecular flexibility index (Phi) is 5.42. The van der Waals surface area contributed by atoms with Gasteiger partial charge in [-0.05, 0) is 18.2 Å². The Labute approximate surface area is 123 Å². The van der Waals surface area contributed by atoms with E-state index in [1.54, 1.807) is 0 Å². The first-order valence-corrected chi connectivity index (χ1v) is 6.09. The number of halogens is 4. The molecule has 1 amide bonds. The van der Waals surface area contributed by atoms with Gasteiger partial charge in [0.25, 0.3) is 0 Å². The van der Waals surface area contributed by atoms with E-state index in [2.05, 4.69) is 10.6 Å². The predicted molar refractivity (Wildman–Crippen MR) is 70.2 cm³/mol. The third-order valence-electron chi connectivity index (χ3n) is 2.47. The van der Waals surface area contributed by atoms with E-state index in [-0.39, 0.29) is 17.3 Å². The quantitative estimate of drug-likeness (QED) is 0.777. The van der Waals surface area contributed by atoms with E-state index >= 15 is 0 Å². The number of carbonyl (C=O) groups excluding carboxylic acids is 1. The van der Waals surface area contributed by atoms with Crippen LogP contribution in [0.1, 0.15) is 12.5 Å². The molecule has 0 spiro atoms. The van der Waals surface area contributed by atoms with Gasteiger partial charge >= 0.3 is 12.1 Å². The minimum absolute atomic E-state index is 0.00923. The summed E-state index contributed by atoms with van der Waals surface area (Å²) < 4.78 is 37.7. The number of benzene rings is 1. The average molecular weight is 325 g/mol. The van der Waals surface area contributed by atoms with Gasteiger partial charge in [0.15, 0.2) is 0 Å². The maximum absolute atomic E-state index is 12.6. The Morgan fingerprint density at radius 2 is 2.00 bits per heavy atom. The summed E-state index contributed by atoms with van der Waals surface area (Å²) in [4.78, 5) is 21.7. The molecular weight excluding hydrogens is 313 g/mol. The van der Waals surface area contributed by atoms with Gasteiger partial charge in [-0.2, -0.15) is 13.2 Å². The second-order valence-corrected chi connectivity index (χ2v) is 4.57. The molecule has 116 valence electrons. The lowest BCUT2D eigenvalue weighted by atomic mass is 10.2. The van der Waals surface area contributed by atoms with Gasteiger partial charge in [0.1, 0.15) is 6.04 Å². The molecule has 0 aliphatic carbocycles. The minimum Gasteiger partial charge on any atom is -0.480 e. The fourth-order valence-electron chi connectivity index (χ4n) is 1.49. The van der Waals surface area contributed by atoms with Crippen molar-refractivity contribution in [2.75, 3.05) is 11.9 Å². The van der Waals surface area contributed by atoms with Crippen molar-refractivity contribution in [1.82, 2.24) is 5.32 Å². The number of carbonyl (C=O) groups is 2. The lowest BCUT2D eigenvalue weighted by Gasteiger charge is -2.16. The lowest BCUT2D eigenvalue weighted by molar-refractivity contribution is -0.141. The van der Waals surface area contributed by atoms with Crippen LogP contribution in [0.25, 0.3) is 0 Å². The van der Waals surface area contributed by atoms with Gasteiger partial charge in [-0.3, -0.25) is 4.79 Å². The number of nitrogens with one attached hydrogen (secondary N) is 2. The van der Waals surface area contributed by atoms with E-state index in [1.165, 1.54) is 0 Å². The number of amides is 1. The number of hydrogen-bond acceptors (Lipinski definition) is 3. The highest BCUT2D eigenvalue weighted by atomic mass is 35.5. The topological polar surface area (TPSA) is 78.4 Å². The normalized spacial score (nSPS) is 12.6. The molecule has 0 saturated carbocycles. The van der Waals surface area contributed by atoms with E-state index < -0.39 is 29.7 Å². The molecule has 21 heavy (non-hydrogen) atoms. The molecule has 0 fully saturated rings. The van der Waals surface area contributed by atoms with E-state index in [4.69, 9.17) is 16.7 Å². The van der Waals surface area contributed by atoms with Crippen LogP contribution in [0, 0.1) is 0 Å². The summed E-state index contributed by atoms with van der Waals surface area (Å²) in [5.41, 5.74) is -0.983. The average Bonchev–Trinajstić information content (AvgIpc) is 2.33. The van der Waals surface area contributed by atoms with Crippen molar-refractivity contribution in [2.45, 2.75) is 19.1 Å². The number of hydrogen-bond donors (Lipinski definition) is 3. The summed E-state index contributed by atoms with van der Waals surface area (Å²) in [6.45, 7) is 0.823. The zero-order chi connectivity index (χ0) is 16.2. The van der Waals surface area contributed by atoms with Crippen LogP contribution in [0.15, 0.2) is 18.2 Å². The van der Waals surface area contributed by atoms with E-state index in [1.807, 2.05) is 0 Å². The zero-order valence-electron chi connectivity index (χ0n) is 10.8. The third kappa shape index (κ3) is 5.14. The van der Waals surface area contributed by atoms with Crippen LogP contribution in [0.2, 0.25) is 5.02 Å². The summed E-state index contributed by atoms with van der Waals surface area (Å²) in [5.74, 6) is -1.89. The first-order chi connectivity index (χ1) is 9.61. The van der Waals surface area contributed by atoms with Crippen molar-refractivity contribution in [3.63, 3.8) is 0 Å². The van der Waals surface area contributed by atoms with Gasteiger partial charge in [-0.1, -0.05) is 11.6 Å². The van der Waals surface area contributed by atoms with Crippen LogP contribution in [0.4, 0.5) is 18.9 Å². The standard InChI is InChI=1S/C12H12ClF3N2O3/c1-6(19)18-10(11(20)21)5-17-9-4-7(12(14,15)16)2-3-8(9)13/h2-4,10,17H,5H2,1H3,(H,18,19)(H,20,21). The molecular formula is C12H12ClF3N2O3. The molecule has 0 aliphatic heterocycles. The summed E-state index contributed by atoms with van der Waals surface area (Å²) in [7, 11) is 0. The van der Waals surface area contributed by atoms with Crippen LogP contribution in [0.3, 0.4) is 0 Å². The number of carboxylic acids is 1. The summed E-state index contributed by atoms with van der Waals surface area (Å²) in [5, 5.41) is 13.5. The third-order valence-corrected chi connectivity index (χ3v) is 2.80. The molecule has 0 saturated heterocycles. The monoisotopic (exact) mass is 324 g/mol. The number of carboxylic acid groups (broad SMARTS) is 1. The molecule has 0 radical (unpaired) electrons. The maximum atomic E-state index is 12.6. The highest BCUT2D eigenvalue weighted by molar-refractivity contribution is 6.33. The molecule has 1 aromatic carbocycles. The molecule has 3 N–H and O–H groups in total. The molecule has 5 nitrogen and oxygen atoms in total. The van der Waals surface area contributed by atoms with Gasteiger partial charge in [0.05, 0.1) is 16.3 Å². The molecule has 0 bridgehead atoms. The molecule has 1 unspecified atom stereocenters. The van der Waals surface area contributed by atoms with Crippen LogP contribution < -0.4 is 10.6 Å². The fraction of sp³-hybridized carbons (Fsp3) is 0.333. The second-order valence-electron chi connectivity index (χ2n) is 4.16. The van der Waals surface area contributed by atoms with Crippen molar-refractivity contribution in [2.24, 2.45) is 0 Å². The Bertz CT molecular complexity index is 549. The number of anilines is 1. The lowest BCUT2D eigenvalue weighted by Crippen LogP contribution is -2.44. The second kappa shape index (κ2) is 6.66. The van der Waals surface area contributed by atoms with Gasteiger partial charge in [-0.15, -0.1) is 0 Å². The van der Waals surface area contributed by atoms with Gasteiger partial charge in [0, 0.05) is 13.5 Å². The largest absolute Gasteiger partial charge is 0.480 e. The van der Waals surface area contributed by atoms with Crippen LogP contribution in [0.5, 0.6) is 0 Å². The molecule has 0 heterocycles. The number of alkyl halides is 3. The molecule has 0 aliphatic rings. The highest BCUT2D eigenvalue weighted by Crippen LogP contribution is 2.33. The first kappa shape index (κ1) is 17.1. The van der Waals surface area contributed by atoms with Gasteiger partial charge in [-0.25, -0.2) is 4.79 Å². The minimum atomic E-state index is -4.54. The van der Waals surface area contributed by atoms with Crippen LogP contribution in [-0.4, -0.2) is 29.6 Å². The van der Waals surface area contributed by atoms with E-state index in [0.29, 0.717) is 0 Å².